The predicted octanol–water partition coefficient (Wildman–Crippen LogP) is 0.668. The number of halogens is 1. The molecular weight excluding hydrogens is 147 g/mol. The lowest BCUT2D eigenvalue weighted by Gasteiger charge is -2.01. The first-order valence-electron chi connectivity index (χ1n) is 2.53. The van der Waals surface area contributed by atoms with Gasteiger partial charge in [0, 0.05) is 0 Å². The fourth-order valence-corrected chi connectivity index (χ4v) is 0.810. The second-order valence-corrected chi connectivity index (χ2v) is 3.37. The van der Waals surface area contributed by atoms with Crippen LogP contribution in [-0.2, 0) is 14.3 Å². The SMILES string of the molecule is CCS(=O)(=O)OC(C)F. The summed E-state index contributed by atoms with van der Waals surface area (Å²) >= 11 is 0. The summed E-state index contributed by atoms with van der Waals surface area (Å²) in [5, 5.41) is 0. The van der Waals surface area contributed by atoms with Crippen molar-refractivity contribution in [1.82, 2.24) is 0 Å². The molecule has 0 saturated carbocycles. The quantitative estimate of drug-likeness (QED) is 0.564. The van der Waals surface area contributed by atoms with E-state index < -0.39 is 16.5 Å². The van der Waals surface area contributed by atoms with Crippen molar-refractivity contribution in [2.24, 2.45) is 0 Å². The molecule has 0 aromatic rings. The highest BCUT2D eigenvalue weighted by Gasteiger charge is 2.11. The van der Waals surface area contributed by atoms with E-state index in [0.717, 1.165) is 6.92 Å². The molecule has 0 heterocycles. The molecule has 3 nitrogen and oxygen atoms in total. The van der Waals surface area contributed by atoms with Crippen molar-refractivity contribution in [2.75, 3.05) is 5.75 Å². The smallest absolute Gasteiger partial charge is 0.233 e. The van der Waals surface area contributed by atoms with Gasteiger partial charge in [-0.2, -0.15) is 8.42 Å². The molecule has 0 aliphatic rings. The molecule has 0 aromatic heterocycles. The van der Waals surface area contributed by atoms with E-state index in [1.807, 2.05) is 0 Å². The van der Waals surface area contributed by atoms with Gasteiger partial charge in [0.1, 0.15) is 0 Å². The number of alkyl halides is 1. The highest BCUT2D eigenvalue weighted by atomic mass is 32.2. The number of rotatable bonds is 3. The van der Waals surface area contributed by atoms with Gasteiger partial charge in [0.15, 0.2) is 0 Å². The normalized spacial score (nSPS) is 15.4. The topological polar surface area (TPSA) is 43.4 Å². The fourth-order valence-electron chi connectivity index (χ4n) is 0.270. The molecule has 0 saturated heterocycles. The lowest BCUT2D eigenvalue weighted by molar-refractivity contribution is 0.0937. The van der Waals surface area contributed by atoms with Crippen molar-refractivity contribution in [3.05, 3.63) is 0 Å². The van der Waals surface area contributed by atoms with Crippen LogP contribution in [0.2, 0.25) is 0 Å². The Bertz CT molecular complexity index is 161. The van der Waals surface area contributed by atoms with Crippen LogP contribution in [0.3, 0.4) is 0 Å². The Morgan fingerprint density at radius 2 is 2.11 bits per heavy atom. The van der Waals surface area contributed by atoms with Gasteiger partial charge in [0.05, 0.1) is 5.75 Å². The molecule has 0 aliphatic carbocycles. The highest BCUT2D eigenvalue weighted by Crippen LogP contribution is 1.99. The Morgan fingerprint density at radius 3 is 2.22 bits per heavy atom. The van der Waals surface area contributed by atoms with Gasteiger partial charge < -0.3 is 0 Å². The largest absolute Gasteiger partial charge is 0.269 e. The van der Waals surface area contributed by atoms with Crippen LogP contribution in [0.1, 0.15) is 13.8 Å². The van der Waals surface area contributed by atoms with Crippen molar-refractivity contribution >= 4 is 10.1 Å². The van der Waals surface area contributed by atoms with Gasteiger partial charge in [-0.25, -0.2) is 8.57 Å². The molecule has 0 fully saturated rings. The van der Waals surface area contributed by atoms with Gasteiger partial charge >= 0.3 is 0 Å². The number of hydrogen-bond donors (Lipinski definition) is 0. The van der Waals surface area contributed by atoms with Crippen LogP contribution in [0.4, 0.5) is 4.39 Å². The van der Waals surface area contributed by atoms with Crippen LogP contribution in [0.15, 0.2) is 0 Å². The maximum absolute atomic E-state index is 11.8. The summed E-state index contributed by atoms with van der Waals surface area (Å²) in [7, 11) is -3.59. The Balaban J connectivity index is 3.90. The highest BCUT2D eigenvalue weighted by molar-refractivity contribution is 7.86. The monoisotopic (exact) mass is 156 g/mol. The van der Waals surface area contributed by atoms with Crippen molar-refractivity contribution < 1.29 is 17.0 Å². The van der Waals surface area contributed by atoms with E-state index in [1.165, 1.54) is 6.92 Å². The molecule has 0 rings (SSSR count). The molecular formula is C4H9FO3S. The second kappa shape index (κ2) is 3.12. The van der Waals surface area contributed by atoms with E-state index in [4.69, 9.17) is 0 Å². The first-order chi connectivity index (χ1) is 3.98. The van der Waals surface area contributed by atoms with E-state index in [9.17, 15) is 12.8 Å². The Labute approximate surface area is 53.9 Å². The molecule has 0 N–H and O–H groups in total. The minimum absolute atomic E-state index is 0.193. The van der Waals surface area contributed by atoms with E-state index in [0.29, 0.717) is 0 Å². The summed E-state index contributed by atoms with van der Waals surface area (Å²) in [6, 6.07) is 0. The van der Waals surface area contributed by atoms with Gasteiger partial charge in [-0.1, -0.05) is 0 Å². The van der Waals surface area contributed by atoms with Crippen LogP contribution in [0.5, 0.6) is 0 Å². The zero-order valence-electron chi connectivity index (χ0n) is 5.30. The van der Waals surface area contributed by atoms with E-state index in [1.54, 1.807) is 0 Å². The van der Waals surface area contributed by atoms with Crippen LogP contribution < -0.4 is 0 Å². The Morgan fingerprint density at radius 1 is 1.67 bits per heavy atom. The molecule has 0 aromatic carbocycles. The van der Waals surface area contributed by atoms with Gasteiger partial charge in [-0.15, -0.1) is 0 Å². The third kappa shape index (κ3) is 4.35. The van der Waals surface area contributed by atoms with Gasteiger partial charge in [0.2, 0.25) is 6.36 Å². The first-order valence-corrected chi connectivity index (χ1v) is 4.10. The average molecular weight is 156 g/mol. The molecule has 0 spiro atoms. The van der Waals surface area contributed by atoms with E-state index in [-0.39, 0.29) is 5.75 Å². The molecule has 0 amide bonds. The van der Waals surface area contributed by atoms with Crippen molar-refractivity contribution in [3.8, 4) is 0 Å². The van der Waals surface area contributed by atoms with Crippen molar-refractivity contribution in [2.45, 2.75) is 20.2 Å². The number of hydrogen-bond acceptors (Lipinski definition) is 3. The predicted molar refractivity (Wildman–Crippen MR) is 31.1 cm³/mol. The van der Waals surface area contributed by atoms with Gasteiger partial charge in [0.25, 0.3) is 10.1 Å². The minimum atomic E-state index is -3.59. The third-order valence-corrected chi connectivity index (χ3v) is 1.90. The van der Waals surface area contributed by atoms with E-state index >= 15 is 0 Å². The molecule has 56 valence electrons. The molecule has 1 atom stereocenters. The fraction of sp³-hybridized carbons (Fsp3) is 1.00. The molecule has 0 bridgehead atoms. The van der Waals surface area contributed by atoms with Crippen LogP contribution in [-0.4, -0.2) is 20.5 Å². The van der Waals surface area contributed by atoms with Crippen molar-refractivity contribution in [3.63, 3.8) is 0 Å². The van der Waals surface area contributed by atoms with Crippen LogP contribution in [0.25, 0.3) is 0 Å². The summed E-state index contributed by atoms with van der Waals surface area (Å²) in [6.45, 7) is 2.41. The summed E-state index contributed by atoms with van der Waals surface area (Å²) < 4.78 is 36.4. The third-order valence-electron chi connectivity index (χ3n) is 0.633. The van der Waals surface area contributed by atoms with Gasteiger partial charge in [-0.3, -0.25) is 0 Å². The summed E-state index contributed by atoms with van der Waals surface area (Å²) in [5.74, 6) is -0.193. The zero-order chi connectivity index (χ0) is 7.49. The maximum atomic E-state index is 11.8. The Hall–Kier alpha value is -0.160. The molecule has 1 unspecified atom stereocenters. The van der Waals surface area contributed by atoms with Gasteiger partial charge in [-0.05, 0) is 13.8 Å². The van der Waals surface area contributed by atoms with E-state index in [2.05, 4.69) is 4.18 Å². The van der Waals surface area contributed by atoms with Crippen LogP contribution in [0, 0.1) is 0 Å². The molecule has 9 heavy (non-hydrogen) atoms. The summed E-state index contributed by atoms with van der Waals surface area (Å²) in [6.07, 6.45) is -1.74. The molecule has 5 heteroatoms. The summed E-state index contributed by atoms with van der Waals surface area (Å²) in [5.41, 5.74) is 0. The molecule has 0 aliphatic heterocycles. The zero-order valence-corrected chi connectivity index (χ0v) is 6.11. The minimum Gasteiger partial charge on any atom is -0.233 e. The standard InChI is InChI=1S/C4H9FO3S/c1-3-9(6,7)8-4(2)5/h4H,3H2,1-2H3. The Kier molecular flexibility index (Phi) is 3.07. The van der Waals surface area contributed by atoms with Crippen molar-refractivity contribution in [1.29, 1.82) is 0 Å². The lowest BCUT2D eigenvalue weighted by atomic mass is 10.8. The average Bonchev–Trinajstić information content (AvgIpc) is 1.63. The molecule has 0 radical (unpaired) electrons. The second-order valence-electron chi connectivity index (χ2n) is 1.49. The lowest BCUT2D eigenvalue weighted by Crippen LogP contribution is -2.12. The maximum Gasteiger partial charge on any atom is 0.269 e. The van der Waals surface area contributed by atoms with Crippen LogP contribution >= 0.6 is 0 Å². The summed E-state index contributed by atoms with van der Waals surface area (Å²) in [4.78, 5) is 0. The first kappa shape index (κ1) is 8.84.